The van der Waals surface area contributed by atoms with Crippen LogP contribution in [0.5, 0.6) is 5.75 Å². The van der Waals surface area contributed by atoms with Gasteiger partial charge in [-0.1, -0.05) is 39.8 Å². The van der Waals surface area contributed by atoms with Crippen LogP contribution in [-0.2, 0) is 5.41 Å². The lowest BCUT2D eigenvalue weighted by Gasteiger charge is -2.18. The van der Waals surface area contributed by atoms with Gasteiger partial charge < -0.3 is 10.1 Å². The van der Waals surface area contributed by atoms with Crippen LogP contribution >= 0.6 is 11.3 Å². The van der Waals surface area contributed by atoms with Crippen molar-refractivity contribution in [3.05, 3.63) is 45.9 Å². The summed E-state index contributed by atoms with van der Waals surface area (Å²) in [6.07, 6.45) is 0. The molecule has 21 heavy (non-hydrogen) atoms. The van der Waals surface area contributed by atoms with E-state index < -0.39 is 0 Å². The fourth-order valence-electron chi connectivity index (χ4n) is 2.14. The van der Waals surface area contributed by atoms with Gasteiger partial charge in [0, 0.05) is 10.8 Å². The van der Waals surface area contributed by atoms with Crippen LogP contribution in [0.4, 0.5) is 0 Å². The lowest BCUT2D eigenvalue weighted by molar-refractivity contribution is 0.413. The molecule has 0 saturated heterocycles. The molecule has 2 rings (SSSR count). The molecule has 0 fully saturated rings. The predicted molar refractivity (Wildman–Crippen MR) is 89.3 cm³/mol. The van der Waals surface area contributed by atoms with E-state index >= 15 is 0 Å². The molecule has 2 aromatic rings. The molecule has 1 heterocycles. The van der Waals surface area contributed by atoms with Crippen molar-refractivity contribution < 1.29 is 4.74 Å². The summed E-state index contributed by atoms with van der Waals surface area (Å²) in [7, 11) is 1.70. The van der Waals surface area contributed by atoms with Crippen molar-refractivity contribution in [2.75, 3.05) is 13.7 Å². The molecule has 0 aliphatic carbocycles. The Hall–Kier alpha value is -1.39. The molecule has 0 aliphatic rings. The first-order valence-corrected chi connectivity index (χ1v) is 8.17. The zero-order valence-corrected chi connectivity index (χ0v) is 14.3. The van der Waals surface area contributed by atoms with Crippen molar-refractivity contribution in [2.45, 2.75) is 39.2 Å². The first-order valence-electron chi connectivity index (χ1n) is 7.29. The van der Waals surface area contributed by atoms with E-state index in [1.165, 1.54) is 5.56 Å². The summed E-state index contributed by atoms with van der Waals surface area (Å²) < 4.78 is 5.33. The number of ether oxygens (including phenoxy) is 1. The molecule has 114 valence electrons. The van der Waals surface area contributed by atoms with Gasteiger partial charge in [-0.05, 0) is 24.2 Å². The van der Waals surface area contributed by atoms with Gasteiger partial charge in [0.05, 0.1) is 18.8 Å². The van der Waals surface area contributed by atoms with Crippen LogP contribution < -0.4 is 10.1 Å². The number of nitrogens with one attached hydrogen (secondary N) is 1. The highest BCUT2D eigenvalue weighted by atomic mass is 32.1. The molecule has 1 unspecified atom stereocenters. The average Bonchev–Trinajstić information content (AvgIpc) is 2.94. The van der Waals surface area contributed by atoms with Gasteiger partial charge >= 0.3 is 0 Å². The number of methoxy groups -OCH3 is 1. The Morgan fingerprint density at radius 1 is 1.33 bits per heavy atom. The lowest BCUT2D eigenvalue weighted by atomic mass is 9.93. The van der Waals surface area contributed by atoms with Gasteiger partial charge in [0.2, 0.25) is 0 Å². The minimum Gasteiger partial charge on any atom is -0.497 e. The Morgan fingerprint density at radius 3 is 2.67 bits per heavy atom. The number of aromatic nitrogens is 1. The van der Waals surface area contributed by atoms with Crippen LogP contribution in [0.15, 0.2) is 29.6 Å². The fraction of sp³-hybridized carbons (Fsp3) is 0.471. The molecule has 0 amide bonds. The standard InChI is InChI=1S/C17H24N2OS/c1-6-18-15(12-8-7-9-13(10-12)20-5)16-19-14(11-21-16)17(2,3)4/h7-11,15,18H,6H2,1-5H3. The van der Waals surface area contributed by atoms with Crippen molar-refractivity contribution >= 4 is 11.3 Å². The largest absolute Gasteiger partial charge is 0.497 e. The monoisotopic (exact) mass is 304 g/mol. The second-order valence-electron chi connectivity index (χ2n) is 6.09. The highest BCUT2D eigenvalue weighted by Crippen LogP contribution is 2.31. The Balaban J connectivity index is 2.36. The first kappa shape index (κ1) is 16.0. The third-order valence-electron chi connectivity index (χ3n) is 3.37. The smallest absolute Gasteiger partial charge is 0.119 e. The normalized spacial score (nSPS) is 13.2. The Labute approximate surface area is 131 Å². The van der Waals surface area contributed by atoms with E-state index in [0.29, 0.717) is 0 Å². The summed E-state index contributed by atoms with van der Waals surface area (Å²) in [5.74, 6) is 0.878. The second kappa shape index (κ2) is 6.58. The van der Waals surface area contributed by atoms with Gasteiger partial charge in [0.1, 0.15) is 10.8 Å². The molecular weight excluding hydrogens is 280 g/mol. The van der Waals surface area contributed by atoms with Crippen LogP contribution in [-0.4, -0.2) is 18.6 Å². The van der Waals surface area contributed by atoms with Crippen LogP contribution in [0.3, 0.4) is 0 Å². The number of nitrogens with zero attached hydrogens (tertiary/aromatic N) is 1. The Morgan fingerprint density at radius 2 is 2.10 bits per heavy atom. The zero-order valence-electron chi connectivity index (χ0n) is 13.4. The number of hydrogen-bond acceptors (Lipinski definition) is 4. The molecule has 0 bridgehead atoms. The van der Waals surface area contributed by atoms with E-state index in [0.717, 1.165) is 23.0 Å². The zero-order chi connectivity index (χ0) is 15.5. The second-order valence-corrected chi connectivity index (χ2v) is 6.98. The van der Waals surface area contributed by atoms with Gasteiger partial charge in [-0.3, -0.25) is 0 Å². The third kappa shape index (κ3) is 3.83. The molecule has 1 atom stereocenters. The van der Waals surface area contributed by atoms with Crippen molar-refractivity contribution in [1.82, 2.24) is 10.3 Å². The Kier molecular flexibility index (Phi) is 5.01. The highest BCUT2D eigenvalue weighted by Gasteiger charge is 2.22. The van der Waals surface area contributed by atoms with E-state index in [-0.39, 0.29) is 11.5 Å². The van der Waals surface area contributed by atoms with Gasteiger partial charge in [0.25, 0.3) is 0 Å². The molecule has 0 saturated carbocycles. The minimum atomic E-state index is 0.0832. The predicted octanol–water partition coefficient (Wildman–Crippen LogP) is 4.15. The molecule has 1 N–H and O–H groups in total. The topological polar surface area (TPSA) is 34.1 Å². The molecule has 3 nitrogen and oxygen atoms in total. The first-order chi connectivity index (χ1) is 9.95. The van der Waals surface area contributed by atoms with E-state index in [2.05, 4.69) is 50.5 Å². The number of benzene rings is 1. The summed E-state index contributed by atoms with van der Waals surface area (Å²) in [6.45, 7) is 9.59. The van der Waals surface area contributed by atoms with E-state index in [1.54, 1.807) is 18.4 Å². The summed E-state index contributed by atoms with van der Waals surface area (Å²) in [4.78, 5) is 4.85. The van der Waals surface area contributed by atoms with Crippen molar-refractivity contribution in [2.24, 2.45) is 0 Å². The van der Waals surface area contributed by atoms with Crippen LogP contribution in [0.2, 0.25) is 0 Å². The van der Waals surface area contributed by atoms with Gasteiger partial charge in [-0.25, -0.2) is 4.98 Å². The average molecular weight is 304 g/mol. The molecular formula is C17H24N2OS. The van der Waals surface area contributed by atoms with Crippen molar-refractivity contribution in [3.63, 3.8) is 0 Å². The van der Waals surface area contributed by atoms with E-state index in [1.807, 2.05) is 12.1 Å². The van der Waals surface area contributed by atoms with Crippen molar-refractivity contribution in [1.29, 1.82) is 0 Å². The summed E-state index contributed by atoms with van der Waals surface area (Å²) in [5, 5.41) is 6.80. The summed E-state index contributed by atoms with van der Waals surface area (Å²) in [5.41, 5.74) is 2.42. The molecule has 1 aromatic heterocycles. The van der Waals surface area contributed by atoms with Crippen molar-refractivity contribution in [3.8, 4) is 5.75 Å². The highest BCUT2D eigenvalue weighted by molar-refractivity contribution is 7.09. The van der Waals surface area contributed by atoms with Crippen LogP contribution in [0.1, 0.15) is 50.0 Å². The van der Waals surface area contributed by atoms with E-state index in [9.17, 15) is 0 Å². The van der Waals surface area contributed by atoms with Gasteiger partial charge in [-0.2, -0.15) is 0 Å². The maximum absolute atomic E-state index is 5.33. The van der Waals surface area contributed by atoms with E-state index in [4.69, 9.17) is 9.72 Å². The lowest BCUT2D eigenvalue weighted by Crippen LogP contribution is -2.22. The SMILES string of the molecule is CCNC(c1cccc(OC)c1)c1nc(C(C)(C)C)cs1. The Bertz CT molecular complexity index is 586. The number of hydrogen-bond donors (Lipinski definition) is 1. The third-order valence-corrected chi connectivity index (χ3v) is 4.28. The fourth-order valence-corrected chi connectivity index (χ4v) is 3.28. The molecule has 4 heteroatoms. The quantitative estimate of drug-likeness (QED) is 0.901. The molecule has 1 aromatic carbocycles. The molecule has 0 radical (unpaired) electrons. The summed E-state index contributed by atoms with van der Waals surface area (Å²) >= 11 is 1.72. The number of thiazole rings is 1. The minimum absolute atomic E-state index is 0.0832. The summed E-state index contributed by atoms with van der Waals surface area (Å²) in [6, 6.07) is 8.30. The van der Waals surface area contributed by atoms with Crippen LogP contribution in [0.25, 0.3) is 0 Å². The maximum Gasteiger partial charge on any atom is 0.119 e. The molecule has 0 spiro atoms. The number of rotatable bonds is 5. The van der Waals surface area contributed by atoms with Crippen LogP contribution in [0, 0.1) is 0 Å². The maximum atomic E-state index is 5.33. The van der Waals surface area contributed by atoms with Gasteiger partial charge in [0.15, 0.2) is 0 Å². The molecule has 0 aliphatic heterocycles. The van der Waals surface area contributed by atoms with Gasteiger partial charge in [-0.15, -0.1) is 11.3 Å².